The van der Waals surface area contributed by atoms with Crippen molar-refractivity contribution in [3.63, 3.8) is 0 Å². The fourth-order valence-corrected chi connectivity index (χ4v) is 4.34. The molecule has 2 aromatic carbocycles. The Labute approximate surface area is 175 Å². The summed E-state index contributed by atoms with van der Waals surface area (Å²) in [6.07, 6.45) is 2.74. The van der Waals surface area contributed by atoms with Gasteiger partial charge in [-0.3, -0.25) is 4.90 Å². The Bertz CT molecular complexity index is 877. The van der Waals surface area contributed by atoms with Gasteiger partial charge >= 0.3 is 12.6 Å². The predicted octanol–water partition coefficient (Wildman–Crippen LogP) is 4.02. The van der Waals surface area contributed by atoms with Crippen molar-refractivity contribution >= 4 is 6.03 Å². The van der Waals surface area contributed by atoms with Crippen LogP contribution in [0.2, 0.25) is 0 Å². The maximum atomic E-state index is 12.8. The predicted molar refractivity (Wildman–Crippen MR) is 110 cm³/mol. The number of alkyl halides is 2. The molecule has 2 amide bonds. The SMILES string of the molecule is O=C(NC1CCCN(Cc2ccccc2OC(F)F)C1)N1CCc2ccccc2C1. The molecule has 5 nitrogen and oxygen atoms in total. The molecule has 2 heterocycles. The molecule has 2 aromatic rings. The highest BCUT2D eigenvalue weighted by atomic mass is 19.3. The number of amides is 2. The molecule has 1 saturated heterocycles. The highest BCUT2D eigenvalue weighted by Crippen LogP contribution is 2.24. The third kappa shape index (κ3) is 5.08. The van der Waals surface area contributed by atoms with E-state index in [4.69, 9.17) is 0 Å². The van der Waals surface area contributed by atoms with Gasteiger partial charge in [0, 0.05) is 37.8 Å². The number of urea groups is 1. The summed E-state index contributed by atoms with van der Waals surface area (Å²) in [7, 11) is 0. The van der Waals surface area contributed by atoms with E-state index in [1.807, 2.05) is 29.2 Å². The Morgan fingerprint density at radius 2 is 1.87 bits per heavy atom. The van der Waals surface area contributed by atoms with E-state index in [0.29, 0.717) is 19.6 Å². The first-order valence-corrected chi connectivity index (χ1v) is 10.5. The number of rotatable bonds is 5. The average Bonchev–Trinajstić information content (AvgIpc) is 2.75. The van der Waals surface area contributed by atoms with Crippen molar-refractivity contribution in [3.05, 3.63) is 65.2 Å². The van der Waals surface area contributed by atoms with Gasteiger partial charge in [0.2, 0.25) is 0 Å². The first-order chi connectivity index (χ1) is 14.6. The summed E-state index contributed by atoms with van der Waals surface area (Å²) >= 11 is 0. The second-order valence-corrected chi connectivity index (χ2v) is 7.95. The topological polar surface area (TPSA) is 44.8 Å². The van der Waals surface area contributed by atoms with Crippen LogP contribution in [0.15, 0.2) is 48.5 Å². The molecule has 4 rings (SSSR count). The smallest absolute Gasteiger partial charge is 0.387 e. The fourth-order valence-electron chi connectivity index (χ4n) is 4.34. The van der Waals surface area contributed by atoms with Crippen molar-refractivity contribution in [1.82, 2.24) is 15.1 Å². The average molecular weight is 415 g/mol. The van der Waals surface area contributed by atoms with Crippen LogP contribution in [0.5, 0.6) is 5.75 Å². The second kappa shape index (κ2) is 9.43. The number of nitrogens with one attached hydrogen (secondary N) is 1. The van der Waals surface area contributed by atoms with Crippen molar-refractivity contribution in [2.24, 2.45) is 0 Å². The van der Waals surface area contributed by atoms with Crippen molar-refractivity contribution in [1.29, 1.82) is 0 Å². The van der Waals surface area contributed by atoms with Gasteiger partial charge in [-0.25, -0.2) is 4.79 Å². The molecule has 7 heteroatoms. The number of para-hydroxylation sites is 1. The Morgan fingerprint density at radius 3 is 2.70 bits per heavy atom. The molecule has 1 unspecified atom stereocenters. The van der Waals surface area contributed by atoms with Gasteiger partial charge in [-0.1, -0.05) is 42.5 Å². The molecule has 2 aliphatic rings. The minimum absolute atomic E-state index is 0.0298. The molecule has 0 bridgehead atoms. The summed E-state index contributed by atoms with van der Waals surface area (Å²) in [6.45, 7) is 0.598. The number of carbonyl (C=O) groups excluding carboxylic acids is 1. The van der Waals surface area contributed by atoms with Crippen molar-refractivity contribution in [3.8, 4) is 5.75 Å². The van der Waals surface area contributed by atoms with E-state index in [1.54, 1.807) is 12.1 Å². The van der Waals surface area contributed by atoms with Crippen LogP contribution in [0.25, 0.3) is 0 Å². The minimum Gasteiger partial charge on any atom is -0.434 e. The lowest BCUT2D eigenvalue weighted by Crippen LogP contribution is -2.52. The molecule has 2 aliphatic heterocycles. The van der Waals surface area contributed by atoms with Gasteiger partial charge < -0.3 is 15.0 Å². The third-order valence-electron chi connectivity index (χ3n) is 5.83. The summed E-state index contributed by atoms with van der Waals surface area (Å²) in [5.74, 6) is 0.214. The van der Waals surface area contributed by atoms with Crippen LogP contribution in [-0.2, 0) is 19.5 Å². The summed E-state index contributed by atoms with van der Waals surface area (Å²) in [5.41, 5.74) is 3.26. The monoisotopic (exact) mass is 415 g/mol. The first kappa shape index (κ1) is 20.6. The molecule has 160 valence electrons. The zero-order valence-corrected chi connectivity index (χ0v) is 16.9. The van der Waals surface area contributed by atoms with Gasteiger partial charge in [0.1, 0.15) is 5.75 Å². The van der Waals surface area contributed by atoms with E-state index in [1.165, 1.54) is 11.1 Å². The van der Waals surface area contributed by atoms with E-state index in [9.17, 15) is 13.6 Å². The fraction of sp³-hybridized carbons (Fsp3) is 0.435. The highest BCUT2D eigenvalue weighted by molar-refractivity contribution is 5.75. The molecular formula is C23H27F2N3O2. The summed E-state index contributed by atoms with van der Waals surface area (Å²) in [5, 5.41) is 3.18. The molecule has 1 atom stereocenters. The Balaban J connectivity index is 1.33. The van der Waals surface area contributed by atoms with Crippen molar-refractivity contribution in [2.45, 2.75) is 45.0 Å². The lowest BCUT2D eigenvalue weighted by atomic mass is 10.00. The minimum atomic E-state index is -2.84. The van der Waals surface area contributed by atoms with E-state index in [0.717, 1.165) is 37.9 Å². The van der Waals surface area contributed by atoms with Gasteiger partial charge in [-0.05, 0) is 43.0 Å². The van der Waals surface area contributed by atoms with E-state index in [2.05, 4.69) is 27.1 Å². The Kier molecular flexibility index (Phi) is 6.47. The van der Waals surface area contributed by atoms with Gasteiger partial charge in [-0.15, -0.1) is 0 Å². The van der Waals surface area contributed by atoms with Crippen LogP contribution in [0.3, 0.4) is 0 Å². The zero-order valence-electron chi connectivity index (χ0n) is 16.9. The molecule has 1 fully saturated rings. The van der Waals surface area contributed by atoms with Gasteiger partial charge in [0.15, 0.2) is 0 Å². The van der Waals surface area contributed by atoms with E-state index >= 15 is 0 Å². The van der Waals surface area contributed by atoms with Crippen LogP contribution in [0, 0.1) is 0 Å². The molecule has 0 aromatic heterocycles. The zero-order chi connectivity index (χ0) is 20.9. The number of carbonyl (C=O) groups is 1. The van der Waals surface area contributed by atoms with E-state index in [-0.39, 0.29) is 17.8 Å². The standard InChI is InChI=1S/C23H27F2N3O2/c24-22(25)30-21-10-4-3-8-19(21)14-27-12-5-9-20(16-27)26-23(29)28-13-11-17-6-1-2-7-18(17)15-28/h1-4,6-8,10,20,22H,5,9,11-16H2,(H,26,29). The Morgan fingerprint density at radius 1 is 1.10 bits per heavy atom. The number of likely N-dealkylation sites (tertiary alicyclic amines) is 1. The third-order valence-corrected chi connectivity index (χ3v) is 5.83. The normalized spacial score (nSPS) is 19.4. The van der Waals surface area contributed by atoms with Crippen LogP contribution in [0.4, 0.5) is 13.6 Å². The van der Waals surface area contributed by atoms with Crippen LogP contribution >= 0.6 is 0 Å². The van der Waals surface area contributed by atoms with Gasteiger partial charge in [0.25, 0.3) is 0 Å². The first-order valence-electron chi connectivity index (χ1n) is 10.5. The number of piperidine rings is 1. The molecule has 0 aliphatic carbocycles. The maximum absolute atomic E-state index is 12.8. The second-order valence-electron chi connectivity index (χ2n) is 7.95. The quantitative estimate of drug-likeness (QED) is 0.802. The number of hydrogen-bond donors (Lipinski definition) is 1. The largest absolute Gasteiger partial charge is 0.434 e. The number of benzene rings is 2. The van der Waals surface area contributed by atoms with Crippen LogP contribution in [0.1, 0.15) is 29.5 Å². The van der Waals surface area contributed by atoms with Crippen molar-refractivity contribution in [2.75, 3.05) is 19.6 Å². The lowest BCUT2D eigenvalue weighted by molar-refractivity contribution is -0.0508. The number of hydrogen-bond acceptors (Lipinski definition) is 3. The summed E-state index contributed by atoms with van der Waals surface area (Å²) in [4.78, 5) is 16.9. The van der Waals surface area contributed by atoms with Crippen LogP contribution < -0.4 is 10.1 Å². The Hall–Kier alpha value is -2.67. The van der Waals surface area contributed by atoms with Gasteiger partial charge in [-0.2, -0.15) is 8.78 Å². The van der Waals surface area contributed by atoms with Gasteiger partial charge in [0.05, 0.1) is 0 Å². The number of ether oxygens (including phenoxy) is 1. The molecular weight excluding hydrogens is 388 g/mol. The number of nitrogens with zero attached hydrogens (tertiary/aromatic N) is 2. The van der Waals surface area contributed by atoms with E-state index < -0.39 is 6.61 Å². The van der Waals surface area contributed by atoms with Crippen LogP contribution in [-0.4, -0.2) is 48.1 Å². The summed E-state index contributed by atoms with van der Waals surface area (Å²) in [6, 6.07) is 15.2. The maximum Gasteiger partial charge on any atom is 0.387 e. The number of fused-ring (bicyclic) bond motifs is 1. The lowest BCUT2D eigenvalue weighted by Gasteiger charge is -2.35. The molecule has 1 N–H and O–H groups in total. The molecule has 0 spiro atoms. The molecule has 0 saturated carbocycles. The molecule has 30 heavy (non-hydrogen) atoms. The van der Waals surface area contributed by atoms with Crippen molar-refractivity contribution < 1.29 is 18.3 Å². The highest BCUT2D eigenvalue weighted by Gasteiger charge is 2.26. The molecule has 0 radical (unpaired) electrons. The number of halogens is 2. The summed E-state index contributed by atoms with van der Waals surface area (Å²) < 4.78 is 30.0.